The maximum atomic E-state index is 10.3. The number of nitrogens with one attached hydrogen (secondary N) is 1. The highest BCUT2D eigenvalue weighted by atomic mass is 32.2. The Bertz CT molecular complexity index is 194. The summed E-state index contributed by atoms with van der Waals surface area (Å²) in [6.45, 7) is 0. The highest BCUT2D eigenvalue weighted by molar-refractivity contribution is 7.90. The van der Waals surface area contributed by atoms with Gasteiger partial charge in [-0.3, -0.25) is 4.79 Å². The lowest BCUT2D eigenvalue weighted by molar-refractivity contribution is -0.134. The van der Waals surface area contributed by atoms with Crippen LogP contribution in [0, 0.1) is 0 Å². The summed E-state index contributed by atoms with van der Waals surface area (Å²) < 4.78 is 22.5. The molecule has 0 aliphatic rings. The molecule has 0 heterocycles. The first kappa shape index (κ1) is 8.38. The second kappa shape index (κ2) is 2.79. The van der Waals surface area contributed by atoms with Crippen LogP contribution < -0.4 is 4.72 Å². The molecule has 0 unspecified atom stereocenters. The largest absolute Gasteiger partial charge is 0.480 e. The molecule has 0 aliphatic heterocycles. The lowest BCUT2D eigenvalue weighted by Gasteiger charge is -1.94. The number of carboxylic acid groups (broad SMARTS) is 1. The molecule has 6 heteroatoms. The minimum atomic E-state index is -3.57. The fourth-order valence-corrected chi connectivity index (χ4v) is 0.704. The van der Waals surface area contributed by atoms with Crippen molar-refractivity contribution >= 4 is 16.0 Å². The second-order valence-corrected chi connectivity index (χ2v) is 3.28. The Kier molecular flexibility index (Phi) is 2.60. The predicted octanol–water partition coefficient (Wildman–Crippen LogP) is -1.38. The molecular formula is C3H7NO4S. The molecule has 5 nitrogen and oxygen atoms in total. The topological polar surface area (TPSA) is 83.5 Å². The quantitative estimate of drug-likeness (QED) is 0.523. The SMILES string of the molecule is CNS(=O)(=O)CC(=O)O. The molecular weight excluding hydrogens is 146 g/mol. The smallest absolute Gasteiger partial charge is 0.320 e. The van der Waals surface area contributed by atoms with E-state index in [4.69, 9.17) is 5.11 Å². The van der Waals surface area contributed by atoms with Crippen LogP contribution in [-0.4, -0.2) is 32.3 Å². The minimum Gasteiger partial charge on any atom is -0.480 e. The summed E-state index contributed by atoms with van der Waals surface area (Å²) in [5.74, 6) is -2.23. The van der Waals surface area contributed by atoms with Crippen molar-refractivity contribution in [1.82, 2.24) is 4.72 Å². The van der Waals surface area contributed by atoms with Gasteiger partial charge in [0.25, 0.3) is 0 Å². The van der Waals surface area contributed by atoms with E-state index in [1.54, 1.807) is 0 Å². The highest BCUT2D eigenvalue weighted by Gasteiger charge is 2.11. The molecule has 0 radical (unpaired) electrons. The van der Waals surface area contributed by atoms with E-state index in [1.165, 1.54) is 0 Å². The summed E-state index contributed by atoms with van der Waals surface area (Å²) in [5, 5.41) is 7.96. The molecule has 0 aromatic rings. The molecule has 0 fully saturated rings. The van der Waals surface area contributed by atoms with Gasteiger partial charge >= 0.3 is 5.97 Å². The van der Waals surface area contributed by atoms with Crippen LogP contribution in [-0.2, 0) is 14.8 Å². The zero-order chi connectivity index (χ0) is 7.49. The van der Waals surface area contributed by atoms with E-state index >= 15 is 0 Å². The Hall–Kier alpha value is -0.620. The maximum Gasteiger partial charge on any atom is 0.320 e. The molecule has 0 saturated heterocycles. The predicted molar refractivity (Wildman–Crippen MR) is 30.5 cm³/mol. The zero-order valence-electron chi connectivity index (χ0n) is 4.79. The number of carboxylic acids is 1. The van der Waals surface area contributed by atoms with E-state index < -0.39 is 21.7 Å². The van der Waals surface area contributed by atoms with E-state index in [1.807, 2.05) is 4.72 Å². The van der Waals surface area contributed by atoms with Gasteiger partial charge in [-0.2, -0.15) is 0 Å². The van der Waals surface area contributed by atoms with E-state index in [2.05, 4.69) is 0 Å². The molecule has 9 heavy (non-hydrogen) atoms. The molecule has 0 aliphatic carbocycles. The summed E-state index contributed by atoms with van der Waals surface area (Å²) >= 11 is 0. The standard InChI is InChI=1S/C3H7NO4S/c1-4-9(7,8)2-3(5)6/h4H,2H2,1H3,(H,5,6). The van der Waals surface area contributed by atoms with E-state index in [0.717, 1.165) is 7.05 Å². The molecule has 0 aromatic heterocycles. The average Bonchev–Trinajstić information content (AvgIpc) is 1.63. The van der Waals surface area contributed by atoms with Gasteiger partial charge < -0.3 is 5.11 Å². The van der Waals surface area contributed by atoms with Gasteiger partial charge in [-0.15, -0.1) is 0 Å². The van der Waals surface area contributed by atoms with Crippen molar-refractivity contribution in [1.29, 1.82) is 0 Å². The van der Waals surface area contributed by atoms with Crippen molar-refractivity contribution in [3.8, 4) is 0 Å². The highest BCUT2D eigenvalue weighted by Crippen LogP contribution is 1.79. The molecule has 0 spiro atoms. The summed E-state index contributed by atoms with van der Waals surface area (Å²) in [6, 6.07) is 0. The van der Waals surface area contributed by atoms with Crippen LogP contribution in [0.4, 0.5) is 0 Å². The first-order chi connectivity index (χ1) is 3.98. The fourth-order valence-electron chi connectivity index (χ4n) is 0.235. The molecule has 0 aromatic carbocycles. The number of hydrogen-bond acceptors (Lipinski definition) is 3. The second-order valence-electron chi connectivity index (χ2n) is 1.36. The summed E-state index contributed by atoms with van der Waals surface area (Å²) in [6.07, 6.45) is 0. The lowest BCUT2D eigenvalue weighted by atomic mass is 10.8. The maximum absolute atomic E-state index is 10.3. The number of sulfonamides is 1. The van der Waals surface area contributed by atoms with Crippen molar-refractivity contribution < 1.29 is 18.3 Å². The first-order valence-corrected chi connectivity index (χ1v) is 3.76. The van der Waals surface area contributed by atoms with Crippen LogP contribution in [0.3, 0.4) is 0 Å². The van der Waals surface area contributed by atoms with E-state index in [0.29, 0.717) is 0 Å². The molecule has 0 rings (SSSR count). The van der Waals surface area contributed by atoms with Crippen LogP contribution in [0.1, 0.15) is 0 Å². The molecule has 2 N–H and O–H groups in total. The van der Waals surface area contributed by atoms with Crippen LogP contribution in [0.2, 0.25) is 0 Å². The Balaban J connectivity index is 4.06. The molecule has 0 atom stereocenters. The van der Waals surface area contributed by atoms with Gasteiger partial charge in [-0.1, -0.05) is 0 Å². The van der Waals surface area contributed by atoms with Gasteiger partial charge in [0.15, 0.2) is 5.75 Å². The molecule has 0 bridgehead atoms. The number of hydrogen-bond donors (Lipinski definition) is 2. The molecule has 54 valence electrons. The van der Waals surface area contributed by atoms with Gasteiger partial charge in [0.2, 0.25) is 10.0 Å². The van der Waals surface area contributed by atoms with Gasteiger partial charge in [-0.05, 0) is 7.05 Å². The Morgan fingerprint density at radius 1 is 1.67 bits per heavy atom. The normalized spacial score (nSPS) is 11.2. The zero-order valence-corrected chi connectivity index (χ0v) is 5.60. The Morgan fingerprint density at radius 2 is 2.11 bits per heavy atom. The van der Waals surface area contributed by atoms with Crippen molar-refractivity contribution in [3.05, 3.63) is 0 Å². The van der Waals surface area contributed by atoms with Gasteiger partial charge in [0.1, 0.15) is 0 Å². The Morgan fingerprint density at radius 3 is 2.22 bits per heavy atom. The summed E-state index contributed by atoms with van der Waals surface area (Å²) in [4.78, 5) is 9.75. The van der Waals surface area contributed by atoms with Crippen molar-refractivity contribution in [2.75, 3.05) is 12.8 Å². The van der Waals surface area contributed by atoms with Crippen molar-refractivity contribution in [2.45, 2.75) is 0 Å². The Labute approximate surface area is 52.7 Å². The van der Waals surface area contributed by atoms with Gasteiger partial charge in [-0.25, -0.2) is 13.1 Å². The number of carbonyl (C=O) groups is 1. The van der Waals surface area contributed by atoms with E-state index in [-0.39, 0.29) is 0 Å². The third kappa shape index (κ3) is 3.92. The van der Waals surface area contributed by atoms with Crippen molar-refractivity contribution in [3.63, 3.8) is 0 Å². The van der Waals surface area contributed by atoms with Crippen LogP contribution >= 0.6 is 0 Å². The van der Waals surface area contributed by atoms with E-state index in [9.17, 15) is 13.2 Å². The van der Waals surface area contributed by atoms with Gasteiger partial charge in [0, 0.05) is 0 Å². The van der Waals surface area contributed by atoms with Crippen molar-refractivity contribution in [2.24, 2.45) is 0 Å². The monoisotopic (exact) mass is 153 g/mol. The molecule has 0 saturated carbocycles. The first-order valence-electron chi connectivity index (χ1n) is 2.11. The van der Waals surface area contributed by atoms with Crippen LogP contribution in [0.5, 0.6) is 0 Å². The van der Waals surface area contributed by atoms with Gasteiger partial charge in [0.05, 0.1) is 0 Å². The third-order valence-corrected chi connectivity index (χ3v) is 1.87. The van der Waals surface area contributed by atoms with Crippen LogP contribution in [0.15, 0.2) is 0 Å². The number of aliphatic carboxylic acids is 1. The average molecular weight is 153 g/mol. The number of rotatable bonds is 3. The molecule has 0 amide bonds. The summed E-state index contributed by atoms with van der Waals surface area (Å²) in [7, 11) is -2.40. The lowest BCUT2D eigenvalue weighted by Crippen LogP contribution is -2.26. The van der Waals surface area contributed by atoms with Crippen LogP contribution in [0.25, 0.3) is 0 Å². The summed E-state index contributed by atoms with van der Waals surface area (Å²) in [5.41, 5.74) is 0. The third-order valence-electron chi connectivity index (χ3n) is 0.624. The fraction of sp³-hybridized carbons (Fsp3) is 0.667. The minimum absolute atomic E-state index is 0.872.